The van der Waals surface area contributed by atoms with Crippen molar-refractivity contribution in [1.82, 2.24) is 10.2 Å². The second-order valence-corrected chi connectivity index (χ2v) is 6.06. The number of nitrogens with one attached hydrogen (secondary N) is 1. The summed E-state index contributed by atoms with van der Waals surface area (Å²) in [6.07, 6.45) is -4.37. The van der Waals surface area contributed by atoms with Gasteiger partial charge in [0.2, 0.25) is 0 Å². The lowest BCUT2D eigenvalue weighted by Crippen LogP contribution is -2.54. The van der Waals surface area contributed by atoms with E-state index in [0.29, 0.717) is 18.4 Å². The van der Waals surface area contributed by atoms with Crippen LogP contribution in [0.1, 0.15) is 24.8 Å². The second-order valence-electron chi connectivity index (χ2n) is 6.06. The number of rotatable bonds is 5. The predicted octanol–water partition coefficient (Wildman–Crippen LogP) is 3.06. The number of halogens is 4. The number of ether oxygens (including phenoxy) is 1. The number of amides is 1. The first-order valence-electron chi connectivity index (χ1n) is 7.51. The van der Waals surface area contributed by atoms with E-state index in [9.17, 15) is 27.5 Å². The fourth-order valence-electron chi connectivity index (χ4n) is 2.99. The minimum Gasteiger partial charge on any atom is -0.465 e. The summed E-state index contributed by atoms with van der Waals surface area (Å²) in [4.78, 5) is 12.9. The SMILES string of the molecule is O=C(O)N(CC1CCN1)C1(c2ccc(F)c(OC(F)(F)F)c2)CC1. The molecule has 24 heavy (non-hydrogen) atoms. The molecule has 1 saturated heterocycles. The van der Waals surface area contributed by atoms with Gasteiger partial charge in [0, 0.05) is 12.6 Å². The molecule has 5 nitrogen and oxygen atoms in total. The second kappa shape index (κ2) is 5.80. The molecule has 1 atom stereocenters. The number of carbonyl (C=O) groups is 1. The number of hydrogen-bond acceptors (Lipinski definition) is 3. The van der Waals surface area contributed by atoms with Crippen LogP contribution < -0.4 is 10.1 Å². The first-order chi connectivity index (χ1) is 11.2. The van der Waals surface area contributed by atoms with Crippen molar-refractivity contribution >= 4 is 6.09 Å². The van der Waals surface area contributed by atoms with E-state index in [4.69, 9.17) is 0 Å². The lowest BCUT2D eigenvalue weighted by molar-refractivity contribution is -0.275. The van der Waals surface area contributed by atoms with E-state index in [2.05, 4.69) is 10.1 Å². The Morgan fingerprint density at radius 1 is 1.42 bits per heavy atom. The fourth-order valence-corrected chi connectivity index (χ4v) is 2.99. The topological polar surface area (TPSA) is 61.8 Å². The van der Waals surface area contributed by atoms with E-state index < -0.39 is 29.6 Å². The van der Waals surface area contributed by atoms with Crippen molar-refractivity contribution in [2.45, 2.75) is 37.2 Å². The summed E-state index contributed by atoms with van der Waals surface area (Å²) >= 11 is 0. The van der Waals surface area contributed by atoms with Crippen LogP contribution in [-0.2, 0) is 5.54 Å². The smallest absolute Gasteiger partial charge is 0.465 e. The number of alkyl halides is 3. The van der Waals surface area contributed by atoms with Crippen LogP contribution in [0.25, 0.3) is 0 Å². The fraction of sp³-hybridized carbons (Fsp3) is 0.533. The van der Waals surface area contributed by atoms with Crippen molar-refractivity contribution in [3.8, 4) is 5.75 Å². The highest BCUT2D eigenvalue weighted by Gasteiger charge is 2.53. The standard InChI is InChI=1S/C15H16F4N2O3/c16-11-2-1-9(7-12(11)24-15(17,18)19)14(4-5-14)21(13(22)23)8-10-3-6-20-10/h1-2,7,10,20H,3-6,8H2,(H,22,23). The molecule has 1 unspecified atom stereocenters. The van der Waals surface area contributed by atoms with Gasteiger partial charge in [0.15, 0.2) is 11.6 Å². The molecule has 0 radical (unpaired) electrons. The normalized spacial score (nSPS) is 21.8. The molecule has 1 aromatic rings. The van der Waals surface area contributed by atoms with Gasteiger partial charge < -0.3 is 15.2 Å². The Balaban J connectivity index is 1.88. The van der Waals surface area contributed by atoms with E-state index in [1.165, 1.54) is 11.0 Å². The van der Waals surface area contributed by atoms with Gasteiger partial charge in [-0.2, -0.15) is 0 Å². The quantitative estimate of drug-likeness (QED) is 0.803. The highest BCUT2D eigenvalue weighted by Crippen LogP contribution is 2.52. The maximum atomic E-state index is 13.6. The maximum Gasteiger partial charge on any atom is 0.573 e. The molecule has 0 spiro atoms. The van der Waals surface area contributed by atoms with Crippen molar-refractivity contribution in [3.63, 3.8) is 0 Å². The van der Waals surface area contributed by atoms with E-state index in [1.807, 2.05) is 0 Å². The van der Waals surface area contributed by atoms with Gasteiger partial charge in [-0.1, -0.05) is 6.07 Å². The summed E-state index contributed by atoms with van der Waals surface area (Å²) in [5.41, 5.74) is -0.606. The van der Waals surface area contributed by atoms with E-state index in [1.54, 1.807) is 0 Å². The van der Waals surface area contributed by atoms with Gasteiger partial charge in [-0.25, -0.2) is 9.18 Å². The Morgan fingerprint density at radius 3 is 2.54 bits per heavy atom. The number of hydrogen-bond donors (Lipinski definition) is 2. The lowest BCUT2D eigenvalue weighted by atomic mass is 10.00. The summed E-state index contributed by atoms with van der Waals surface area (Å²) < 4.78 is 54.4. The molecule has 0 aromatic heterocycles. The Kier molecular flexibility index (Phi) is 4.06. The first kappa shape index (κ1) is 16.8. The zero-order valence-electron chi connectivity index (χ0n) is 12.6. The molecular weight excluding hydrogens is 332 g/mol. The zero-order valence-corrected chi connectivity index (χ0v) is 12.6. The molecule has 3 rings (SSSR count). The number of carboxylic acid groups (broad SMARTS) is 1. The molecule has 2 fully saturated rings. The highest BCUT2D eigenvalue weighted by molar-refractivity contribution is 5.68. The monoisotopic (exact) mass is 348 g/mol. The molecule has 1 aliphatic heterocycles. The van der Waals surface area contributed by atoms with Crippen LogP contribution in [0.4, 0.5) is 22.4 Å². The van der Waals surface area contributed by atoms with Crippen LogP contribution in [0.2, 0.25) is 0 Å². The average Bonchev–Trinajstić information content (AvgIpc) is 3.19. The summed E-state index contributed by atoms with van der Waals surface area (Å²) in [6, 6.07) is 3.17. The third-order valence-corrected chi connectivity index (χ3v) is 4.49. The van der Waals surface area contributed by atoms with Crippen molar-refractivity contribution in [2.24, 2.45) is 0 Å². The van der Waals surface area contributed by atoms with Gasteiger partial charge in [-0.15, -0.1) is 13.2 Å². The van der Waals surface area contributed by atoms with Gasteiger partial charge in [0.1, 0.15) is 0 Å². The first-order valence-corrected chi connectivity index (χ1v) is 7.51. The number of nitrogens with zero attached hydrogens (tertiary/aromatic N) is 1. The van der Waals surface area contributed by atoms with Crippen LogP contribution in [0.3, 0.4) is 0 Å². The van der Waals surface area contributed by atoms with Crippen molar-refractivity contribution < 1.29 is 32.2 Å². The Hall–Kier alpha value is -2.03. The van der Waals surface area contributed by atoms with Crippen molar-refractivity contribution in [3.05, 3.63) is 29.6 Å². The van der Waals surface area contributed by atoms with Gasteiger partial charge >= 0.3 is 12.5 Å². The lowest BCUT2D eigenvalue weighted by Gasteiger charge is -2.37. The molecule has 2 aliphatic rings. The molecular formula is C15H16F4N2O3. The zero-order chi connectivity index (χ0) is 17.5. The third kappa shape index (κ3) is 3.26. The molecule has 1 aliphatic carbocycles. The van der Waals surface area contributed by atoms with Gasteiger partial charge in [0.05, 0.1) is 5.54 Å². The van der Waals surface area contributed by atoms with Crippen LogP contribution >= 0.6 is 0 Å². The largest absolute Gasteiger partial charge is 0.573 e. The minimum atomic E-state index is -5.02. The molecule has 1 aromatic carbocycles. The Morgan fingerprint density at radius 2 is 2.08 bits per heavy atom. The summed E-state index contributed by atoms with van der Waals surface area (Å²) in [5.74, 6) is -2.09. The molecule has 1 heterocycles. The van der Waals surface area contributed by atoms with Crippen molar-refractivity contribution in [1.29, 1.82) is 0 Å². The third-order valence-electron chi connectivity index (χ3n) is 4.49. The van der Waals surface area contributed by atoms with Crippen LogP contribution in [0.5, 0.6) is 5.75 Å². The molecule has 0 bridgehead atoms. The average molecular weight is 348 g/mol. The van der Waals surface area contributed by atoms with Crippen molar-refractivity contribution in [2.75, 3.05) is 13.1 Å². The van der Waals surface area contributed by atoms with E-state index >= 15 is 0 Å². The molecule has 1 amide bonds. The van der Waals surface area contributed by atoms with E-state index in [0.717, 1.165) is 25.1 Å². The van der Waals surface area contributed by atoms with Gasteiger partial charge in [0.25, 0.3) is 0 Å². The van der Waals surface area contributed by atoms with Crippen LogP contribution in [0, 0.1) is 5.82 Å². The Labute approximate surface area is 135 Å². The Bertz CT molecular complexity index is 642. The number of benzene rings is 1. The molecule has 9 heteroatoms. The summed E-state index contributed by atoms with van der Waals surface area (Å²) in [6.45, 7) is 1.05. The summed E-state index contributed by atoms with van der Waals surface area (Å²) in [7, 11) is 0. The highest BCUT2D eigenvalue weighted by atomic mass is 19.4. The molecule has 1 saturated carbocycles. The predicted molar refractivity (Wildman–Crippen MR) is 75.1 cm³/mol. The molecule has 132 valence electrons. The van der Waals surface area contributed by atoms with Crippen LogP contribution in [0.15, 0.2) is 18.2 Å². The minimum absolute atomic E-state index is 0.0323. The van der Waals surface area contributed by atoms with E-state index in [-0.39, 0.29) is 12.6 Å². The van der Waals surface area contributed by atoms with Crippen LogP contribution in [-0.4, -0.2) is 41.6 Å². The summed E-state index contributed by atoms with van der Waals surface area (Å²) in [5, 5.41) is 12.6. The maximum absolute atomic E-state index is 13.6. The van der Waals surface area contributed by atoms with Gasteiger partial charge in [-0.3, -0.25) is 4.90 Å². The van der Waals surface area contributed by atoms with Gasteiger partial charge in [-0.05, 0) is 43.5 Å². The molecule has 2 N–H and O–H groups in total.